The third kappa shape index (κ3) is 5.03. The van der Waals surface area contributed by atoms with E-state index >= 15 is 0 Å². The van der Waals surface area contributed by atoms with Crippen LogP contribution >= 0.6 is 12.6 Å². The van der Waals surface area contributed by atoms with Gasteiger partial charge in [0.05, 0.1) is 6.61 Å². The molecule has 0 aromatic heterocycles. The molecule has 0 bridgehead atoms. The van der Waals surface area contributed by atoms with Crippen molar-refractivity contribution in [2.45, 2.75) is 19.9 Å². The Morgan fingerprint density at radius 3 is 2.47 bits per heavy atom. The maximum atomic E-state index is 11.8. The van der Waals surface area contributed by atoms with Gasteiger partial charge in [0.2, 0.25) is 11.8 Å². The topological polar surface area (TPSA) is 69.6 Å². The summed E-state index contributed by atoms with van der Waals surface area (Å²) in [4.78, 5) is 24.1. The molecule has 0 spiro atoms. The number of rotatable bonds is 6. The monoisotopic (exact) mass is 234 g/mol. The number of hydrogen-bond acceptors (Lipinski definition) is 4. The maximum absolute atomic E-state index is 11.8. The number of hydrogen-bond donors (Lipinski definition) is 3. The normalized spacial score (nSPS) is 12.0. The minimum atomic E-state index is -0.614. The van der Waals surface area contributed by atoms with Crippen molar-refractivity contribution in [3.05, 3.63) is 0 Å². The van der Waals surface area contributed by atoms with Crippen molar-refractivity contribution < 1.29 is 14.7 Å². The van der Waals surface area contributed by atoms with E-state index in [4.69, 9.17) is 5.11 Å². The average Bonchev–Trinajstić information content (AvgIpc) is 2.21. The first kappa shape index (κ1) is 14.2. The Balaban J connectivity index is 4.39. The van der Waals surface area contributed by atoms with Crippen molar-refractivity contribution in [3.63, 3.8) is 0 Å². The number of nitrogens with zero attached hydrogens (tertiary/aromatic N) is 1. The van der Waals surface area contributed by atoms with E-state index in [0.29, 0.717) is 6.54 Å². The van der Waals surface area contributed by atoms with Crippen LogP contribution in [0.5, 0.6) is 0 Å². The summed E-state index contributed by atoms with van der Waals surface area (Å²) in [5.41, 5.74) is 0. The van der Waals surface area contributed by atoms with Gasteiger partial charge in [0.15, 0.2) is 0 Å². The van der Waals surface area contributed by atoms with Gasteiger partial charge in [-0.15, -0.1) is 0 Å². The van der Waals surface area contributed by atoms with E-state index < -0.39 is 6.04 Å². The lowest BCUT2D eigenvalue weighted by Crippen LogP contribution is -2.49. The molecule has 6 heteroatoms. The largest absolute Gasteiger partial charge is 0.395 e. The lowest BCUT2D eigenvalue weighted by Gasteiger charge is -2.25. The van der Waals surface area contributed by atoms with Crippen molar-refractivity contribution in [1.29, 1.82) is 0 Å². The summed E-state index contributed by atoms with van der Waals surface area (Å²) < 4.78 is 0. The summed E-state index contributed by atoms with van der Waals surface area (Å²) in [6, 6.07) is -0.614. The highest BCUT2D eigenvalue weighted by molar-refractivity contribution is 7.80. The first-order valence-corrected chi connectivity index (χ1v) is 5.47. The van der Waals surface area contributed by atoms with Gasteiger partial charge in [-0.2, -0.15) is 12.6 Å². The molecule has 0 aliphatic carbocycles. The molecule has 1 atom stereocenters. The van der Waals surface area contributed by atoms with Crippen LogP contribution in [0.25, 0.3) is 0 Å². The van der Waals surface area contributed by atoms with Crippen molar-refractivity contribution in [2.75, 3.05) is 25.4 Å². The van der Waals surface area contributed by atoms with Crippen LogP contribution in [-0.4, -0.2) is 53.3 Å². The molecular formula is C9H18N2O3S. The van der Waals surface area contributed by atoms with Crippen LogP contribution in [0.4, 0.5) is 0 Å². The molecule has 1 unspecified atom stereocenters. The lowest BCUT2D eigenvalue weighted by molar-refractivity contribution is -0.135. The molecule has 0 aliphatic rings. The second-order valence-electron chi connectivity index (χ2n) is 3.08. The number of thiol groups is 1. The predicted molar refractivity (Wildman–Crippen MR) is 60.8 cm³/mol. The van der Waals surface area contributed by atoms with Crippen LogP contribution in [0.2, 0.25) is 0 Å². The average molecular weight is 234 g/mol. The minimum absolute atomic E-state index is 0.0844. The molecule has 5 nitrogen and oxygen atoms in total. The van der Waals surface area contributed by atoms with Gasteiger partial charge in [0.25, 0.3) is 0 Å². The summed E-state index contributed by atoms with van der Waals surface area (Å²) in [7, 11) is 0. The molecule has 0 radical (unpaired) electrons. The van der Waals surface area contributed by atoms with E-state index in [1.165, 1.54) is 11.8 Å². The Morgan fingerprint density at radius 2 is 2.13 bits per heavy atom. The minimum Gasteiger partial charge on any atom is -0.395 e. The number of carbonyl (C=O) groups excluding carboxylic acids is 2. The van der Waals surface area contributed by atoms with Crippen LogP contribution < -0.4 is 5.32 Å². The second-order valence-corrected chi connectivity index (χ2v) is 3.44. The molecule has 2 N–H and O–H groups in total. The molecule has 0 aromatic carbocycles. The number of amides is 2. The number of carbonyl (C=O) groups is 2. The maximum Gasteiger partial charge on any atom is 0.246 e. The molecule has 0 heterocycles. The SMILES string of the molecule is CCN(CCO)C(=O)C(CS)NC(C)=O. The van der Waals surface area contributed by atoms with Crippen LogP contribution in [0.1, 0.15) is 13.8 Å². The van der Waals surface area contributed by atoms with Gasteiger partial charge in [-0.3, -0.25) is 9.59 Å². The molecule has 88 valence electrons. The van der Waals surface area contributed by atoms with Gasteiger partial charge in [-0.25, -0.2) is 0 Å². The van der Waals surface area contributed by atoms with Gasteiger partial charge in [-0.1, -0.05) is 0 Å². The zero-order valence-electron chi connectivity index (χ0n) is 9.06. The van der Waals surface area contributed by atoms with Crippen molar-refractivity contribution >= 4 is 24.4 Å². The summed E-state index contributed by atoms with van der Waals surface area (Å²) >= 11 is 4.01. The van der Waals surface area contributed by atoms with E-state index in [1.54, 1.807) is 0 Å². The third-order valence-corrected chi connectivity index (χ3v) is 2.29. The summed E-state index contributed by atoms with van der Waals surface area (Å²) in [6.07, 6.45) is 0. The molecule has 15 heavy (non-hydrogen) atoms. The van der Waals surface area contributed by atoms with E-state index in [-0.39, 0.29) is 30.7 Å². The fraction of sp³-hybridized carbons (Fsp3) is 0.778. The lowest BCUT2D eigenvalue weighted by atomic mass is 10.2. The summed E-state index contributed by atoms with van der Waals surface area (Å²) in [5, 5.41) is 11.3. The van der Waals surface area contributed by atoms with Gasteiger partial charge in [0, 0.05) is 25.8 Å². The Labute approximate surface area is 95.2 Å². The Hall–Kier alpha value is -0.750. The molecule has 0 rings (SSSR count). The molecule has 0 aromatic rings. The Morgan fingerprint density at radius 1 is 1.53 bits per heavy atom. The standard InChI is InChI=1S/C9H18N2O3S/c1-3-11(4-5-12)9(14)8(6-15)10-7(2)13/h8,12,15H,3-6H2,1-2H3,(H,10,13). The quantitative estimate of drug-likeness (QED) is 0.530. The van der Waals surface area contributed by atoms with E-state index in [2.05, 4.69) is 17.9 Å². The Bertz CT molecular complexity index is 223. The predicted octanol–water partition coefficient (Wildman–Crippen LogP) is -0.738. The van der Waals surface area contributed by atoms with Crippen LogP contribution in [0.15, 0.2) is 0 Å². The fourth-order valence-corrected chi connectivity index (χ4v) is 1.44. The summed E-state index contributed by atoms with van der Waals surface area (Å²) in [6.45, 7) is 3.87. The highest BCUT2D eigenvalue weighted by Crippen LogP contribution is 1.97. The number of aliphatic hydroxyl groups excluding tert-OH is 1. The van der Waals surface area contributed by atoms with Crippen LogP contribution in [-0.2, 0) is 9.59 Å². The molecule has 0 fully saturated rings. The second kappa shape index (κ2) is 7.53. The molecule has 2 amide bonds. The van der Waals surface area contributed by atoms with E-state index in [0.717, 1.165) is 0 Å². The number of likely N-dealkylation sites (N-methyl/N-ethyl adjacent to an activating group) is 1. The van der Waals surface area contributed by atoms with E-state index in [9.17, 15) is 9.59 Å². The van der Waals surface area contributed by atoms with Crippen LogP contribution in [0.3, 0.4) is 0 Å². The molecule has 0 aliphatic heterocycles. The zero-order valence-corrected chi connectivity index (χ0v) is 9.96. The fourth-order valence-electron chi connectivity index (χ4n) is 1.20. The first-order chi connectivity index (χ1) is 7.06. The van der Waals surface area contributed by atoms with Crippen molar-refractivity contribution in [3.8, 4) is 0 Å². The van der Waals surface area contributed by atoms with Crippen LogP contribution in [0, 0.1) is 0 Å². The van der Waals surface area contributed by atoms with Gasteiger partial charge < -0.3 is 15.3 Å². The summed E-state index contributed by atoms with van der Waals surface area (Å²) in [5.74, 6) is -0.223. The molecular weight excluding hydrogens is 216 g/mol. The highest BCUT2D eigenvalue weighted by Gasteiger charge is 2.22. The van der Waals surface area contributed by atoms with Crippen molar-refractivity contribution in [1.82, 2.24) is 10.2 Å². The molecule has 0 saturated carbocycles. The smallest absolute Gasteiger partial charge is 0.246 e. The van der Waals surface area contributed by atoms with E-state index in [1.807, 2.05) is 6.92 Å². The van der Waals surface area contributed by atoms with Gasteiger partial charge >= 0.3 is 0 Å². The number of aliphatic hydroxyl groups is 1. The highest BCUT2D eigenvalue weighted by atomic mass is 32.1. The third-order valence-electron chi connectivity index (χ3n) is 1.92. The zero-order chi connectivity index (χ0) is 11.8. The van der Waals surface area contributed by atoms with Gasteiger partial charge in [-0.05, 0) is 6.92 Å². The Kier molecular flexibility index (Phi) is 7.15. The first-order valence-electron chi connectivity index (χ1n) is 4.84. The molecule has 0 saturated heterocycles. The van der Waals surface area contributed by atoms with Crippen molar-refractivity contribution in [2.24, 2.45) is 0 Å². The number of nitrogens with one attached hydrogen (secondary N) is 1. The van der Waals surface area contributed by atoms with Gasteiger partial charge in [0.1, 0.15) is 6.04 Å².